The first-order valence-corrected chi connectivity index (χ1v) is 6.40. The number of rotatable bonds is 4. The number of carbonyl (C=O) groups is 1. The molecule has 1 aromatic carbocycles. The van der Waals surface area contributed by atoms with E-state index in [4.69, 9.17) is 9.84 Å². The minimum atomic E-state index is -0.996. The monoisotopic (exact) mass is 283 g/mol. The quantitative estimate of drug-likeness (QED) is 0.795. The van der Waals surface area contributed by atoms with E-state index < -0.39 is 5.97 Å². The van der Waals surface area contributed by atoms with Crippen LogP contribution >= 0.6 is 0 Å². The van der Waals surface area contributed by atoms with Gasteiger partial charge in [0.05, 0.1) is 5.56 Å². The summed E-state index contributed by atoms with van der Waals surface area (Å²) < 4.78 is 7.04. The van der Waals surface area contributed by atoms with Crippen LogP contribution in [0.25, 0.3) is 5.65 Å². The van der Waals surface area contributed by atoms with Gasteiger partial charge in [-0.05, 0) is 31.2 Å². The fraction of sp³-hybridized carbons (Fsp3) is 0.133. The van der Waals surface area contributed by atoms with Crippen molar-refractivity contribution in [2.24, 2.45) is 0 Å². The number of hydrogen-bond donors (Lipinski definition) is 1. The molecule has 0 radical (unpaired) electrons. The number of hydrogen-bond acceptors (Lipinski definition) is 4. The maximum Gasteiger partial charge on any atom is 0.337 e. The minimum absolute atomic E-state index is 0.165. The molecule has 0 atom stereocenters. The van der Waals surface area contributed by atoms with Crippen molar-refractivity contribution in [1.29, 1.82) is 0 Å². The normalized spacial score (nSPS) is 10.7. The van der Waals surface area contributed by atoms with E-state index in [1.807, 2.05) is 31.2 Å². The van der Waals surface area contributed by atoms with Crippen molar-refractivity contribution in [3.8, 4) is 5.75 Å². The predicted molar refractivity (Wildman–Crippen MR) is 75.5 cm³/mol. The maximum absolute atomic E-state index is 10.9. The Bertz CT molecular complexity index is 794. The summed E-state index contributed by atoms with van der Waals surface area (Å²) in [5, 5.41) is 13.1. The molecular formula is C15H13N3O3. The number of pyridine rings is 1. The van der Waals surface area contributed by atoms with Gasteiger partial charge in [-0.2, -0.15) is 0 Å². The van der Waals surface area contributed by atoms with Crippen LogP contribution in [0.1, 0.15) is 21.7 Å². The van der Waals surface area contributed by atoms with Gasteiger partial charge in [0.15, 0.2) is 11.5 Å². The van der Waals surface area contributed by atoms with Crippen molar-refractivity contribution in [2.45, 2.75) is 13.5 Å². The topological polar surface area (TPSA) is 76.7 Å². The first kappa shape index (κ1) is 13.1. The molecule has 0 bridgehead atoms. The second-order valence-electron chi connectivity index (χ2n) is 4.66. The SMILES string of the molecule is Cc1ccc(OCc2nc3ccc(C(=O)O)cn3n2)cc1. The van der Waals surface area contributed by atoms with E-state index in [1.165, 1.54) is 16.8 Å². The summed E-state index contributed by atoms with van der Waals surface area (Å²) in [6.07, 6.45) is 1.43. The number of aryl methyl sites for hydroxylation is 1. The number of fused-ring (bicyclic) bond motifs is 1. The highest BCUT2D eigenvalue weighted by molar-refractivity contribution is 5.87. The fourth-order valence-corrected chi connectivity index (χ4v) is 1.90. The summed E-state index contributed by atoms with van der Waals surface area (Å²) >= 11 is 0. The third-order valence-corrected chi connectivity index (χ3v) is 3.01. The molecule has 0 aliphatic carbocycles. The number of nitrogens with zero attached hydrogens (tertiary/aromatic N) is 3. The second-order valence-corrected chi connectivity index (χ2v) is 4.66. The van der Waals surface area contributed by atoms with E-state index in [1.54, 1.807) is 6.07 Å². The molecule has 6 nitrogen and oxygen atoms in total. The van der Waals surface area contributed by atoms with Crippen LogP contribution in [0.3, 0.4) is 0 Å². The summed E-state index contributed by atoms with van der Waals surface area (Å²) in [6.45, 7) is 2.24. The van der Waals surface area contributed by atoms with E-state index in [0.29, 0.717) is 11.5 Å². The van der Waals surface area contributed by atoms with Gasteiger partial charge in [0.1, 0.15) is 12.4 Å². The van der Waals surface area contributed by atoms with E-state index in [-0.39, 0.29) is 12.2 Å². The standard InChI is InChI=1S/C15H13N3O3/c1-10-2-5-12(6-3-10)21-9-13-16-14-7-4-11(15(19)20)8-18(14)17-13/h2-8H,9H2,1H3,(H,19,20). The van der Waals surface area contributed by atoms with E-state index in [0.717, 1.165) is 11.3 Å². The van der Waals surface area contributed by atoms with Crippen molar-refractivity contribution in [1.82, 2.24) is 14.6 Å². The molecule has 0 fully saturated rings. The molecule has 0 saturated heterocycles. The molecule has 0 unspecified atom stereocenters. The summed E-state index contributed by atoms with van der Waals surface area (Å²) in [7, 11) is 0. The lowest BCUT2D eigenvalue weighted by Gasteiger charge is -2.03. The molecule has 21 heavy (non-hydrogen) atoms. The Labute approximate surface area is 120 Å². The van der Waals surface area contributed by atoms with Crippen molar-refractivity contribution in [3.05, 3.63) is 59.5 Å². The van der Waals surface area contributed by atoms with E-state index >= 15 is 0 Å². The number of carboxylic acid groups (broad SMARTS) is 1. The second kappa shape index (κ2) is 5.24. The Hall–Kier alpha value is -2.89. The third-order valence-electron chi connectivity index (χ3n) is 3.01. The Balaban J connectivity index is 1.78. The van der Waals surface area contributed by atoms with Crippen LogP contribution in [0, 0.1) is 6.92 Å². The molecule has 0 aliphatic rings. The molecule has 2 aromatic heterocycles. The Morgan fingerprint density at radius 1 is 1.24 bits per heavy atom. The Morgan fingerprint density at radius 2 is 2.00 bits per heavy atom. The van der Waals surface area contributed by atoms with Crippen LogP contribution < -0.4 is 4.74 Å². The molecule has 0 saturated carbocycles. The van der Waals surface area contributed by atoms with Crippen LogP contribution in [-0.2, 0) is 6.61 Å². The molecule has 1 N–H and O–H groups in total. The first-order valence-electron chi connectivity index (χ1n) is 6.40. The molecule has 106 valence electrons. The highest BCUT2D eigenvalue weighted by atomic mass is 16.5. The van der Waals surface area contributed by atoms with Gasteiger partial charge in [0, 0.05) is 6.20 Å². The number of aromatic nitrogens is 3. The predicted octanol–water partition coefficient (Wildman–Crippen LogP) is 2.31. The zero-order valence-corrected chi connectivity index (χ0v) is 11.4. The molecular weight excluding hydrogens is 270 g/mol. The molecule has 0 spiro atoms. The summed E-state index contributed by atoms with van der Waals surface area (Å²) in [6, 6.07) is 10.8. The van der Waals surface area contributed by atoms with Crippen LogP contribution in [0.15, 0.2) is 42.6 Å². The number of ether oxygens (including phenoxy) is 1. The highest BCUT2D eigenvalue weighted by Gasteiger charge is 2.08. The van der Waals surface area contributed by atoms with Gasteiger partial charge in [0.2, 0.25) is 0 Å². The molecule has 3 rings (SSSR count). The number of benzene rings is 1. The lowest BCUT2D eigenvalue weighted by atomic mass is 10.2. The minimum Gasteiger partial charge on any atom is -0.486 e. The van der Waals surface area contributed by atoms with Gasteiger partial charge in [0.25, 0.3) is 0 Å². The van der Waals surface area contributed by atoms with Gasteiger partial charge < -0.3 is 9.84 Å². The smallest absolute Gasteiger partial charge is 0.337 e. The van der Waals surface area contributed by atoms with Crippen molar-refractivity contribution in [3.63, 3.8) is 0 Å². The van der Waals surface area contributed by atoms with Gasteiger partial charge >= 0.3 is 5.97 Å². The molecule has 6 heteroatoms. The van der Waals surface area contributed by atoms with Crippen molar-refractivity contribution < 1.29 is 14.6 Å². The Kier molecular flexibility index (Phi) is 3.27. The average molecular weight is 283 g/mol. The molecule has 0 amide bonds. The largest absolute Gasteiger partial charge is 0.486 e. The molecule has 0 aliphatic heterocycles. The average Bonchev–Trinajstić information content (AvgIpc) is 2.88. The maximum atomic E-state index is 10.9. The zero-order chi connectivity index (χ0) is 14.8. The van der Waals surface area contributed by atoms with Gasteiger partial charge in [-0.3, -0.25) is 0 Å². The lowest BCUT2D eigenvalue weighted by Crippen LogP contribution is -2.00. The summed E-state index contributed by atoms with van der Waals surface area (Å²) in [5.41, 5.74) is 1.91. The third kappa shape index (κ3) is 2.84. The van der Waals surface area contributed by atoms with Gasteiger partial charge in [-0.25, -0.2) is 14.3 Å². The summed E-state index contributed by atoms with van der Waals surface area (Å²) in [4.78, 5) is 15.2. The number of aromatic carboxylic acids is 1. The van der Waals surface area contributed by atoms with Crippen molar-refractivity contribution >= 4 is 11.6 Å². The van der Waals surface area contributed by atoms with Gasteiger partial charge in [-0.1, -0.05) is 17.7 Å². The highest BCUT2D eigenvalue weighted by Crippen LogP contribution is 2.13. The zero-order valence-electron chi connectivity index (χ0n) is 11.4. The van der Waals surface area contributed by atoms with Crippen LogP contribution in [0.5, 0.6) is 5.75 Å². The van der Waals surface area contributed by atoms with Crippen LogP contribution in [0.2, 0.25) is 0 Å². The van der Waals surface area contributed by atoms with Crippen molar-refractivity contribution in [2.75, 3.05) is 0 Å². The summed E-state index contributed by atoms with van der Waals surface area (Å²) in [5.74, 6) is 0.244. The molecule has 2 heterocycles. The number of carboxylic acids is 1. The van der Waals surface area contributed by atoms with Gasteiger partial charge in [-0.15, -0.1) is 5.10 Å². The lowest BCUT2D eigenvalue weighted by molar-refractivity contribution is 0.0696. The van der Waals surface area contributed by atoms with E-state index in [9.17, 15) is 4.79 Å². The van der Waals surface area contributed by atoms with E-state index in [2.05, 4.69) is 10.1 Å². The Morgan fingerprint density at radius 3 is 2.71 bits per heavy atom. The molecule has 3 aromatic rings. The first-order chi connectivity index (χ1) is 10.1. The fourth-order valence-electron chi connectivity index (χ4n) is 1.90. The van der Waals surface area contributed by atoms with Crippen LogP contribution in [0.4, 0.5) is 0 Å². The van der Waals surface area contributed by atoms with Crippen LogP contribution in [-0.4, -0.2) is 25.7 Å².